The van der Waals surface area contributed by atoms with Gasteiger partial charge in [0.1, 0.15) is 11.9 Å². The Kier molecular flexibility index (Phi) is 9.18. The van der Waals surface area contributed by atoms with E-state index in [4.69, 9.17) is 14.2 Å². The van der Waals surface area contributed by atoms with Crippen LogP contribution >= 0.6 is 0 Å². The van der Waals surface area contributed by atoms with Crippen molar-refractivity contribution >= 4 is 0 Å². The van der Waals surface area contributed by atoms with E-state index in [1.165, 1.54) is 6.42 Å². The van der Waals surface area contributed by atoms with E-state index in [0.717, 1.165) is 56.8 Å². The molecule has 1 saturated carbocycles. The summed E-state index contributed by atoms with van der Waals surface area (Å²) in [5.41, 5.74) is 1.15. The topological polar surface area (TPSA) is 43.8 Å². The molecule has 0 spiro atoms. The molecular weight excluding hydrogens is 388 g/mol. The molecule has 1 aromatic heterocycles. The number of aromatic nitrogens is 1. The molecule has 2 fully saturated rings. The number of rotatable bonds is 13. The molecule has 0 N–H and O–H groups in total. The van der Waals surface area contributed by atoms with Crippen LogP contribution in [-0.2, 0) is 15.9 Å². The van der Waals surface area contributed by atoms with Gasteiger partial charge in [0.2, 0.25) is 0 Å². The maximum absolute atomic E-state index is 6.04. The molecule has 0 radical (unpaired) electrons. The molecule has 31 heavy (non-hydrogen) atoms. The summed E-state index contributed by atoms with van der Waals surface area (Å²) in [5, 5.41) is 0. The largest absolute Gasteiger partial charge is 0.489 e. The second-order valence-corrected chi connectivity index (χ2v) is 10.5. The predicted molar refractivity (Wildman–Crippen MR) is 126 cm³/mol. The second kappa shape index (κ2) is 11.6. The lowest BCUT2D eigenvalue weighted by atomic mass is 9.91. The molecule has 1 aromatic rings. The van der Waals surface area contributed by atoms with Gasteiger partial charge >= 0.3 is 0 Å². The smallest absolute Gasteiger partial charge is 0.138 e. The number of nitrogens with zero attached hydrogens (tertiary/aromatic N) is 2. The maximum atomic E-state index is 6.04. The van der Waals surface area contributed by atoms with E-state index in [9.17, 15) is 0 Å². The third-order valence-electron chi connectivity index (χ3n) is 6.55. The van der Waals surface area contributed by atoms with Gasteiger partial charge in [0.15, 0.2) is 0 Å². The van der Waals surface area contributed by atoms with Crippen LogP contribution in [0.25, 0.3) is 0 Å². The highest BCUT2D eigenvalue weighted by Crippen LogP contribution is 2.29. The highest BCUT2D eigenvalue weighted by Gasteiger charge is 2.32. The number of pyridine rings is 1. The minimum absolute atomic E-state index is 0.270. The van der Waals surface area contributed by atoms with E-state index in [-0.39, 0.29) is 6.10 Å². The van der Waals surface area contributed by atoms with Crippen molar-refractivity contribution in [3.8, 4) is 5.75 Å². The fourth-order valence-electron chi connectivity index (χ4n) is 4.58. The lowest BCUT2D eigenvalue weighted by Crippen LogP contribution is -2.55. The van der Waals surface area contributed by atoms with Gasteiger partial charge in [0, 0.05) is 44.3 Å². The second-order valence-electron chi connectivity index (χ2n) is 10.5. The molecule has 1 saturated heterocycles. The average Bonchev–Trinajstić information content (AvgIpc) is 2.62. The van der Waals surface area contributed by atoms with E-state index in [1.54, 1.807) is 0 Å². The molecule has 5 nitrogen and oxygen atoms in total. The molecule has 2 heterocycles. The molecule has 3 rings (SSSR count). The molecule has 0 bridgehead atoms. The van der Waals surface area contributed by atoms with Crippen LogP contribution in [0, 0.1) is 11.8 Å². The van der Waals surface area contributed by atoms with Crippen molar-refractivity contribution in [1.29, 1.82) is 0 Å². The van der Waals surface area contributed by atoms with Gasteiger partial charge in [-0.05, 0) is 70.9 Å². The van der Waals surface area contributed by atoms with Gasteiger partial charge in [-0.3, -0.25) is 9.88 Å². The zero-order valence-electron chi connectivity index (χ0n) is 20.5. The quantitative estimate of drug-likeness (QED) is 0.433. The molecule has 2 aliphatic rings. The standard InChI is InChI=1S/C26H44N2O3/c1-18(2)28-16-26(17-28)29-10-9-20(5)11-21(6)12-22-7-8-23(15-27-22)31-25-13-24(14-25)30-19(3)4/h7-8,15,18-21,24-26H,9-14,16-17H2,1-6H3. The number of likely N-dealkylation sites (tertiary alicyclic amines) is 1. The van der Waals surface area contributed by atoms with E-state index in [0.29, 0.717) is 36.2 Å². The Morgan fingerprint density at radius 3 is 2.32 bits per heavy atom. The molecular formula is C26H44N2O3. The van der Waals surface area contributed by atoms with Crippen LogP contribution in [-0.4, -0.2) is 60.0 Å². The van der Waals surface area contributed by atoms with Crippen molar-refractivity contribution in [1.82, 2.24) is 9.88 Å². The van der Waals surface area contributed by atoms with Crippen molar-refractivity contribution in [2.24, 2.45) is 11.8 Å². The van der Waals surface area contributed by atoms with Crippen LogP contribution in [0.5, 0.6) is 5.75 Å². The Hall–Kier alpha value is -1.17. The fraction of sp³-hybridized carbons (Fsp3) is 0.808. The Bertz CT molecular complexity index is 637. The summed E-state index contributed by atoms with van der Waals surface area (Å²) in [4.78, 5) is 7.11. The summed E-state index contributed by atoms with van der Waals surface area (Å²) in [7, 11) is 0. The molecule has 2 unspecified atom stereocenters. The first kappa shape index (κ1) is 24.5. The first-order valence-corrected chi connectivity index (χ1v) is 12.4. The maximum Gasteiger partial charge on any atom is 0.138 e. The van der Waals surface area contributed by atoms with Gasteiger partial charge < -0.3 is 14.2 Å². The molecule has 0 amide bonds. The van der Waals surface area contributed by atoms with E-state index < -0.39 is 0 Å². The summed E-state index contributed by atoms with van der Waals surface area (Å²) in [6.45, 7) is 16.4. The Morgan fingerprint density at radius 1 is 0.968 bits per heavy atom. The van der Waals surface area contributed by atoms with Gasteiger partial charge in [0.05, 0.1) is 24.5 Å². The Balaban J connectivity index is 1.27. The van der Waals surface area contributed by atoms with Crippen molar-refractivity contribution in [2.45, 2.75) is 104 Å². The van der Waals surface area contributed by atoms with E-state index in [2.05, 4.69) is 63.6 Å². The molecule has 5 heteroatoms. The van der Waals surface area contributed by atoms with Crippen LogP contribution in [0.15, 0.2) is 18.3 Å². The summed E-state index contributed by atoms with van der Waals surface area (Å²) >= 11 is 0. The zero-order valence-corrected chi connectivity index (χ0v) is 20.5. The summed E-state index contributed by atoms with van der Waals surface area (Å²) in [6, 6.07) is 4.84. The van der Waals surface area contributed by atoms with Crippen LogP contribution in [0.3, 0.4) is 0 Å². The van der Waals surface area contributed by atoms with E-state index >= 15 is 0 Å². The summed E-state index contributed by atoms with van der Waals surface area (Å²) < 4.78 is 17.9. The SMILES string of the molecule is CC(CCOC1CN(C(C)C)C1)CC(C)Cc1ccc(OC2CC(OC(C)C)C2)cn1. The van der Waals surface area contributed by atoms with Gasteiger partial charge in [-0.1, -0.05) is 13.8 Å². The fourth-order valence-corrected chi connectivity index (χ4v) is 4.58. The van der Waals surface area contributed by atoms with Crippen LogP contribution < -0.4 is 4.74 Å². The number of hydrogen-bond acceptors (Lipinski definition) is 5. The van der Waals surface area contributed by atoms with Crippen molar-refractivity contribution in [2.75, 3.05) is 19.7 Å². The predicted octanol–water partition coefficient (Wildman–Crippen LogP) is 5.12. The van der Waals surface area contributed by atoms with Gasteiger partial charge in [-0.15, -0.1) is 0 Å². The Morgan fingerprint density at radius 2 is 1.71 bits per heavy atom. The summed E-state index contributed by atoms with van der Waals surface area (Å²) in [6.07, 6.45) is 8.59. The highest BCUT2D eigenvalue weighted by atomic mass is 16.5. The van der Waals surface area contributed by atoms with Gasteiger partial charge in [-0.2, -0.15) is 0 Å². The third-order valence-corrected chi connectivity index (χ3v) is 6.55. The molecule has 1 aliphatic carbocycles. The zero-order chi connectivity index (χ0) is 22.4. The van der Waals surface area contributed by atoms with Gasteiger partial charge in [0.25, 0.3) is 0 Å². The lowest BCUT2D eigenvalue weighted by molar-refractivity contribution is -0.0850. The van der Waals surface area contributed by atoms with Crippen LogP contribution in [0.2, 0.25) is 0 Å². The molecule has 176 valence electrons. The minimum Gasteiger partial charge on any atom is -0.489 e. The van der Waals surface area contributed by atoms with Gasteiger partial charge in [-0.25, -0.2) is 0 Å². The average molecular weight is 433 g/mol. The van der Waals surface area contributed by atoms with E-state index in [1.807, 2.05) is 6.20 Å². The molecule has 0 aromatic carbocycles. The highest BCUT2D eigenvalue weighted by molar-refractivity contribution is 5.20. The number of hydrogen-bond donors (Lipinski definition) is 0. The van der Waals surface area contributed by atoms with Crippen molar-refractivity contribution in [3.05, 3.63) is 24.0 Å². The van der Waals surface area contributed by atoms with Crippen LogP contribution in [0.1, 0.15) is 72.9 Å². The third kappa shape index (κ3) is 8.03. The van der Waals surface area contributed by atoms with Crippen molar-refractivity contribution < 1.29 is 14.2 Å². The first-order valence-electron chi connectivity index (χ1n) is 12.4. The molecule has 1 aliphatic heterocycles. The monoisotopic (exact) mass is 432 g/mol. The normalized spacial score (nSPS) is 24.1. The van der Waals surface area contributed by atoms with Crippen molar-refractivity contribution in [3.63, 3.8) is 0 Å². The first-order chi connectivity index (χ1) is 14.8. The number of ether oxygens (including phenoxy) is 3. The summed E-state index contributed by atoms with van der Waals surface area (Å²) in [5.74, 6) is 2.18. The molecule has 2 atom stereocenters. The Labute approximate surface area is 189 Å². The van der Waals surface area contributed by atoms with Crippen LogP contribution in [0.4, 0.5) is 0 Å². The minimum atomic E-state index is 0.270. The lowest BCUT2D eigenvalue weighted by Gasteiger charge is -2.41.